The van der Waals surface area contributed by atoms with Crippen LogP contribution in [-0.4, -0.2) is 38.9 Å². The lowest BCUT2D eigenvalue weighted by Gasteiger charge is -2.16. The number of aryl methyl sites for hydroxylation is 1. The highest BCUT2D eigenvalue weighted by Gasteiger charge is 2.12. The molecule has 7 heteroatoms. The molecule has 2 N–H and O–H groups in total. The zero-order valence-electron chi connectivity index (χ0n) is 12.2. The van der Waals surface area contributed by atoms with Crippen molar-refractivity contribution in [3.63, 3.8) is 0 Å². The summed E-state index contributed by atoms with van der Waals surface area (Å²) >= 11 is 0. The second-order valence-corrected chi connectivity index (χ2v) is 4.76. The highest BCUT2D eigenvalue weighted by molar-refractivity contribution is 5.96. The molecule has 2 aromatic rings. The highest BCUT2D eigenvalue weighted by atomic mass is 16.2. The number of aromatic amines is 1. The average molecular weight is 287 g/mol. The number of benzene rings is 1. The first-order valence-corrected chi connectivity index (χ1v) is 6.46. The van der Waals surface area contributed by atoms with Crippen LogP contribution in [0.1, 0.15) is 28.9 Å². The molecule has 0 radical (unpaired) electrons. The lowest BCUT2D eigenvalue weighted by molar-refractivity contribution is 0.101. The third-order valence-corrected chi connectivity index (χ3v) is 2.89. The van der Waals surface area contributed by atoms with E-state index in [4.69, 9.17) is 0 Å². The van der Waals surface area contributed by atoms with Crippen LogP contribution in [0.25, 0.3) is 0 Å². The van der Waals surface area contributed by atoms with E-state index in [0.29, 0.717) is 29.4 Å². The molecular weight excluding hydrogens is 270 g/mol. The molecule has 110 valence electrons. The normalized spacial score (nSPS) is 10.2. The number of carbonyl (C=O) groups excluding carboxylic acids is 2. The first-order chi connectivity index (χ1) is 9.95. The molecule has 0 aliphatic heterocycles. The second-order valence-electron chi connectivity index (χ2n) is 4.76. The second kappa shape index (κ2) is 6.17. The minimum atomic E-state index is -0.293. The smallest absolute Gasteiger partial charge is 0.320 e. The van der Waals surface area contributed by atoms with E-state index in [1.807, 2.05) is 0 Å². The van der Waals surface area contributed by atoms with Gasteiger partial charge in [0.2, 0.25) is 0 Å². The first kappa shape index (κ1) is 14.7. The molecule has 0 saturated heterocycles. The molecule has 0 aliphatic carbocycles. The van der Waals surface area contributed by atoms with Gasteiger partial charge in [0.1, 0.15) is 5.82 Å². The number of carbonyl (C=O) groups is 2. The molecule has 0 atom stereocenters. The summed E-state index contributed by atoms with van der Waals surface area (Å²) in [6, 6.07) is 6.52. The molecular formula is C14H17N5O2. The maximum Gasteiger partial charge on any atom is 0.321 e. The summed E-state index contributed by atoms with van der Waals surface area (Å²) < 4.78 is 0. The van der Waals surface area contributed by atoms with Gasteiger partial charge in [0.25, 0.3) is 0 Å². The molecule has 1 aromatic heterocycles. The van der Waals surface area contributed by atoms with Gasteiger partial charge in [-0.25, -0.2) is 9.78 Å². The molecule has 0 fully saturated rings. The van der Waals surface area contributed by atoms with E-state index in [-0.39, 0.29) is 11.8 Å². The maximum atomic E-state index is 12.1. The summed E-state index contributed by atoms with van der Waals surface area (Å²) in [4.78, 5) is 29.0. The number of hydrogen-bond donors (Lipinski definition) is 2. The molecule has 0 spiro atoms. The van der Waals surface area contributed by atoms with Crippen molar-refractivity contribution in [2.24, 2.45) is 0 Å². The molecule has 0 aliphatic rings. The molecule has 2 rings (SSSR count). The number of rotatable bonds is 4. The number of H-pyrrole nitrogens is 1. The van der Waals surface area contributed by atoms with Gasteiger partial charge in [-0.2, -0.15) is 5.10 Å². The standard InChI is InChI=1S/C14H17N5O2/c1-9(20)11-5-4-6-12(7-11)16-14(21)19(3)8-13-15-10(2)17-18-13/h4-7H,8H2,1-3H3,(H,16,21)(H,15,17,18). The SMILES string of the molecule is CC(=O)c1cccc(NC(=O)N(C)Cc2n[nH]c(C)n2)c1. The minimum absolute atomic E-state index is 0.0457. The average Bonchev–Trinajstić information content (AvgIpc) is 2.84. The van der Waals surface area contributed by atoms with E-state index < -0.39 is 0 Å². The van der Waals surface area contributed by atoms with E-state index in [0.717, 1.165) is 0 Å². The van der Waals surface area contributed by atoms with Crippen molar-refractivity contribution in [1.82, 2.24) is 20.1 Å². The number of anilines is 1. The Morgan fingerprint density at radius 1 is 1.38 bits per heavy atom. The number of ketones is 1. The van der Waals surface area contributed by atoms with Gasteiger partial charge < -0.3 is 10.2 Å². The van der Waals surface area contributed by atoms with Crippen molar-refractivity contribution >= 4 is 17.5 Å². The van der Waals surface area contributed by atoms with Crippen LogP contribution in [0.5, 0.6) is 0 Å². The van der Waals surface area contributed by atoms with Gasteiger partial charge in [-0.05, 0) is 26.0 Å². The predicted octanol–water partition coefficient (Wildman–Crippen LogP) is 1.98. The topological polar surface area (TPSA) is 91.0 Å². The van der Waals surface area contributed by atoms with Crippen LogP contribution >= 0.6 is 0 Å². The fraction of sp³-hybridized carbons (Fsp3) is 0.286. The van der Waals surface area contributed by atoms with Gasteiger partial charge >= 0.3 is 6.03 Å². The van der Waals surface area contributed by atoms with Crippen molar-refractivity contribution in [2.75, 3.05) is 12.4 Å². The largest absolute Gasteiger partial charge is 0.321 e. The van der Waals surface area contributed by atoms with Gasteiger partial charge in [-0.3, -0.25) is 9.89 Å². The van der Waals surface area contributed by atoms with Crippen LogP contribution < -0.4 is 5.32 Å². The van der Waals surface area contributed by atoms with Crippen molar-refractivity contribution in [2.45, 2.75) is 20.4 Å². The summed E-state index contributed by atoms with van der Waals surface area (Å²) in [6.45, 7) is 3.57. The number of aromatic nitrogens is 3. The van der Waals surface area contributed by atoms with Crippen molar-refractivity contribution < 1.29 is 9.59 Å². The van der Waals surface area contributed by atoms with Gasteiger partial charge in [0.05, 0.1) is 6.54 Å². The molecule has 0 saturated carbocycles. The fourth-order valence-electron chi connectivity index (χ4n) is 1.78. The summed E-state index contributed by atoms with van der Waals surface area (Å²) in [5.74, 6) is 1.20. The molecule has 0 bridgehead atoms. The molecule has 0 unspecified atom stereocenters. The number of urea groups is 1. The van der Waals surface area contributed by atoms with Gasteiger partial charge in [0, 0.05) is 18.3 Å². The lowest BCUT2D eigenvalue weighted by Crippen LogP contribution is -2.31. The number of Topliss-reactive ketones (excluding diaryl/α,β-unsaturated/α-hetero) is 1. The van der Waals surface area contributed by atoms with E-state index in [9.17, 15) is 9.59 Å². The molecule has 1 heterocycles. The van der Waals surface area contributed by atoms with Crippen LogP contribution in [0, 0.1) is 6.92 Å². The van der Waals surface area contributed by atoms with Crippen molar-refractivity contribution in [3.05, 3.63) is 41.5 Å². The first-order valence-electron chi connectivity index (χ1n) is 6.46. The van der Waals surface area contributed by atoms with Crippen LogP contribution in [0.2, 0.25) is 0 Å². The van der Waals surface area contributed by atoms with Crippen LogP contribution in [0.15, 0.2) is 24.3 Å². The maximum absolute atomic E-state index is 12.1. The van der Waals surface area contributed by atoms with Gasteiger partial charge in [0.15, 0.2) is 11.6 Å². The Bertz CT molecular complexity index is 665. The fourth-order valence-corrected chi connectivity index (χ4v) is 1.78. The van der Waals surface area contributed by atoms with Crippen molar-refractivity contribution in [1.29, 1.82) is 0 Å². The molecule has 2 amide bonds. The minimum Gasteiger partial charge on any atom is -0.320 e. The molecule has 21 heavy (non-hydrogen) atoms. The summed E-state index contributed by atoms with van der Waals surface area (Å²) in [7, 11) is 1.65. The Morgan fingerprint density at radius 3 is 2.76 bits per heavy atom. The predicted molar refractivity (Wildman–Crippen MR) is 78.1 cm³/mol. The quantitative estimate of drug-likeness (QED) is 0.841. The number of amides is 2. The van der Waals surface area contributed by atoms with Crippen LogP contribution in [0.4, 0.5) is 10.5 Å². The summed E-state index contributed by atoms with van der Waals surface area (Å²) in [6.07, 6.45) is 0. The number of nitrogens with one attached hydrogen (secondary N) is 2. The van der Waals surface area contributed by atoms with Gasteiger partial charge in [-0.15, -0.1) is 0 Å². The van der Waals surface area contributed by atoms with E-state index in [1.54, 1.807) is 38.2 Å². The van der Waals surface area contributed by atoms with Crippen LogP contribution in [-0.2, 0) is 6.54 Å². The zero-order valence-corrected chi connectivity index (χ0v) is 12.2. The number of hydrogen-bond acceptors (Lipinski definition) is 4. The Kier molecular flexibility index (Phi) is 4.32. The van der Waals surface area contributed by atoms with Crippen LogP contribution in [0.3, 0.4) is 0 Å². The Balaban J connectivity index is 2.00. The molecule has 1 aromatic carbocycles. The lowest BCUT2D eigenvalue weighted by atomic mass is 10.1. The summed E-state index contributed by atoms with van der Waals surface area (Å²) in [5.41, 5.74) is 1.13. The Morgan fingerprint density at radius 2 is 2.14 bits per heavy atom. The zero-order chi connectivity index (χ0) is 15.4. The van der Waals surface area contributed by atoms with E-state index >= 15 is 0 Å². The third kappa shape index (κ3) is 3.88. The van der Waals surface area contributed by atoms with E-state index in [2.05, 4.69) is 20.5 Å². The number of nitrogens with zero attached hydrogens (tertiary/aromatic N) is 3. The summed E-state index contributed by atoms with van der Waals surface area (Å²) in [5, 5.41) is 9.44. The highest BCUT2D eigenvalue weighted by Crippen LogP contribution is 2.12. The molecule has 7 nitrogen and oxygen atoms in total. The Hall–Kier alpha value is -2.70. The Labute approximate surface area is 122 Å². The third-order valence-electron chi connectivity index (χ3n) is 2.89. The van der Waals surface area contributed by atoms with E-state index in [1.165, 1.54) is 11.8 Å². The monoisotopic (exact) mass is 287 g/mol. The van der Waals surface area contributed by atoms with Crippen molar-refractivity contribution in [3.8, 4) is 0 Å². The van der Waals surface area contributed by atoms with Gasteiger partial charge in [-0.1, -0.05) is 12.1 Å².